The van der Waals surface area contributed by atoms with Crippen molar-refractivity contribution in [2.45, 2.75) is 108 Å². The van der Waals surface area contributed by atoms with E-state index in [2.05, 4.69) is 22.2 Å². The van der Waals surface area contributed by atoms with Gasteiger partial charge >= 0.3 is 6.09 Å². The van der Waals surface area contributed by atoms with Crippen LogP contribution >= 0.6 is 0 Å². The highest BCUT2D eigenvalue weighted by molar-refractivity contribution is 7.89. The molecule has 286 valence electrons. The number of hydrogen-bond acceptors (Lipinski definition) is 9. The van der Waals surface area contributed by atoms with Gasteiger partial charge in [-0.2, -0.15) is 4.31 Å². The van der Waals surface area contributed by atoms with Crippen molar-refractivity contribution in [2.24, 2.45) is 16.8 Å². The van der Waals surface area contributed by atoms with E-state index in [1.54, 1.807) is 12.3 Å². The molecular weight excluding hydrogens is 685 g/mol. The van der Waals surface area contributed by atoms with E-state index in [-0.39, 0.29) is 55.0 Å². The van der Waals surface area contributed by atoms with Crippen LogP contribution in [0.25, 0.3) is 10.9 Å². The zero-order valence-corrected chi connectivity index (χ0v) is 31.5. The van der Waals surface area contributed by atoms with Crippen LogP contribution in [-0.2, 0) is 30.7 Å². The van der Waals surface area contributed by atoms with Crippen molar-refractivity contribution in [3.8, 4) is 5.88 Å². The lowest BCUT2D eigenvalue weighted by atomic mass is 10.0. The minimum atomic E-state index is -4.14. The van der Waals surface area contributed by atoms with Gasteiger partial charge in [0.15, 0.2) is 12.2 Å². The predicted molar refractivity (Wildman–Crippen MR) is 201 cm³/mol. The van der Waals surface area contributed by atoms with Crippen molar-refractivity contribution >= 4 is 33.2 Å². The maximum atomic E-state index is 14.3. The number of nitrogens with zero attached hydrogens (tertiary/aromatic N) is 2. The molecule has 0 radical (unpaired) electrons. The first-order valence-electron chi connectivity index (χ1n) is 18.8. The molecule has 1 aromatic heterocycles. The fourth-order valence-corrected chi connectivity index (χ4v) is 8.62. The highest BCUT2D eigenvalue weighted by Gasteiger charge is 2.44. The summed E-state index contributed by atoms with van der Waals surface area (Å²) in [7, 11) is -4.14. The van der Waals surface area contributed by atoms with E-state index >= 15 is 0 Å². The molecule has 0 aliphatic carbocycles. The molecule has 0 saturated carbocycles. The molecule has 2 aromatic carbocycles. The zero-order valence-electron chi connectivity index (χ0n) is 30.7. The third kappa shape index (κ3) is 10.6. The molecule has 0 bridgehead atoms. The number of benzene rings is 2. The predicted octanol–water partition coefficient (Wildman–Crippen LogP) is 6.15. The Morgan fingerprint density at radius 1 is 1.08 bits per heavy atom. The SMILES string of the molecule is CCCCCCCCCN=Cc1c(O)[nH]c2ccc(S(=O)(=O)N(CC(C)C)CC(O)C(Cc3ccccc3)NC(=O)OC3COC4OCCC34)cc12. The van der Waals surface area contributed by atoms with Crippen LogP contribution in [0.15, 0.2) is 58.4 Å². The number of nitrogens with one attached hydrogen (secondary N) is 2. The Balaban J connectivity index is 1.31. The number of fused-ring (bicyclic) bond motifs is 2. The number of ether oxygens (including phenoxy) is 3. The minimum Gasteiger partial charge on any atom is -0.494 e. The summed E-state index contributed by atoms with van der Waals surface area (Å²) < 4.78 is 46.8. The van der Waals surface area contributed by atoms with Gasteiger partial charge in [0.2, 0.25) is 10.0 Å². The maximum Gasteiger partial charge on any atom is 0.407 e. The summed E-state index contributed by atoms with van der Waals surface area (Å²) in [6.07, 6.45) is 7.92. The van der Waals surface area contributed by atoms with Gasteiger partial charge in [0.05, 0.1) is 41.7 Å². The molecule has 5 unspecified atom stereocenters. The fourth-order valence-electron chi connectivity index (χ4n) is 6.97. The van der Waals surface area contributed by atoms with Gasteiger partial charge in [0, 0.05) is 36.8 Å². The zero-order chi connectivity index (χ0) is 37.1. The summed E-state index contributed by atoms with van der Waals surface area (Å²) in [6, 6.07) is 13.2. The Morgan fingerprint density at radius 2 is 1.83 bits per heavy atom. The summed E-state index contributed by atoms with van der Waals surface area (Å²) in [6.45, 7) is 7.26. The van der Waals surface area contributed by atoms with Gasteiger partial charge in [-0.05, 0) is 48.9 Å². The van der Waals surface area contributed by atoms with Gasteiger partial charge < -0.3 is 34.7 Å². The molecule has 12 nitrogen and oxygen atoms in total. The first kappa shape index (κ1) is 39.7. The van der Waals surface area contributed by atoms with Crippen molar-refractivity contribution in [2.75, 3.05) is 32.8 Å². The molecule has 2 saturated heterocycles. The minimum absolute atomic E-state index is 0.0233. The summed E-state index contributed by atoms with van der Waals surface area (Å²) in [5, 5.41) is 25.7. The van der Waals surface area contributed by atoms with E-state index in [4.69, 9.17) is 14.2 Å². The Bertz CT molecular complexity index is 1710. The number of alkyl carbamates (subject to hydrolysis) is 1. The van der Waals surface area contributed by atoms with Crippen LogP contribution in [0.2, 0.25) is 0 Å². The van der Waals surface area contributed by atoms with E-state index < -0.39 is 34.4 Å². The second-order valence-electron chi connectivity index (χ2n) is 14.4. The van der Waals surface area contributed by atoms with Crippen molar-refractivity contribution < 1.29 is 37.6 Å². The normalized spacial score (nSPS) is 20.2. The lowest BCUT2D eigenvalue weighted by molar-refractivity contribution is -0.0907. The molecule has 3 aromatic rings. The molecule has 2 aliphatic heterocycles. The average molecular weight is 741 g/mol. The summed E-state index contributed by atoms with van der Waals surface area (Å²) in [4.78, 5) is 20.7. The smallest absolute Gasteiger partial charge is 0.407 e. The second-order valence-corrected chi connectivity index (χ2v) is 16.4. The number of unbranched alkanes of at least 4 members (excludes halogenated alkanes) is 6. The molecule has 4 N–H and O–H groups in total. The number of rotatable bonds is 20. The van der Waals surface area contributed by atoms with Gasteiger partial charge in [-0.3, -0.25) is 4.99 Å². The fraction of sp³-hybridized carbons (Fsp3) is 0.590. The van der Waals surface area contributed by atoms with E-state index in [1.165, 1.54) is 48.5 Å². The van der Waals surface area contributed by atoms with Crippen LogP contribution in [0, 0.1) is 11.8 Å². The topological polar surface area (TPSA) is 163 Å². The van der Waals surface area contributed by atoms with Crippen LogP contribution in [0.1, 0.15) is 83.3 Å². The molecule has 0 spiro atoms. The number of carbonyl (C=O) groups is 1. The molecule has 1 amide bonds. The molecule has 52 heavy (non-hydrogen) atoms. The Kier molecular flexibility index (Phi) is 14.5. The number of carbonyl (C=O) groups excluding carboxylic acids is 1. The molecule has 5 atom stereocenters. The van der Waals surface area contributed by atoms with Gasteiger partial charge in [0.1, 0.15) is 6.10 Å². The van der Waals surface area contributed by atoms with Crippen molar-refractivity contribution in [3.05, 3.63) is 59.7 Å². The van der Waals surface area contributed by atoms with Gasteiger partial charge in [-0.1, -0.05) is 89.6 Å². The standard InChI is InChI=1S/C39H56N4O8S/c1-4-5-6-7-8-9-13-19-40-23-32-31-22-29(16-17-33(31)41-37(32)45)52(47,48)43(24-27(2)3)25-35(44)34(21-28-14-11-10-12-15-28)42-39(46)51-36-26-50-38-30(36)18-20-49-38/h10-12,14-17,22-23,27,30,34-36,38,41,44-45H,4-9,13,18-21,24-26H2,1-3H3,(H,42,46). The monoisotopic (exact) mass is 740 g/mol. The quantitative estimate of drug-likeness (QED) is 0.0792. The molecule has 2 aliphatic rings. The first-order chi connectivity index (χ1) is 25.1. The van der Waals surface area contributed by atoms with Crippen molar-refractivity contribution in [3.63, 3.8) is 0 Å². The highest BCUT2D eigenvalue weighted by Crippen LogP contribution is 2.33. The van der Waals surface area contributed by atoms with Gasteiger partial charge in [-0.15, -0.1) is 0 Å². The number of aliphatic hydroxyl groups is 1. The first-order valence-corrected chi connectivity index (χ1v) is 20.3. The number of sulfonamides is 1. The third-order valence-electron chi connectivity index (χ3n) is 9.81. The summed E-state index contributed by atoms with van der Waals surface area (Å²) in [5.41, 5.74) is 1.87. The number of aliphatic imine (C=N–C) groups is 1. The summed E-state index contributed by atoms with van der Waals surface area (Å²) in [5.74, 6) is -0.193. The second kappa shape index (κ2) is 19.0. The molecule has 13 heteroatoms. The van der Waals surface area contributed by atoms with E-state index in [0.29, 0.717) is 29.6 Å². The lowest BCUT2D eigenvalue weighted by Crippen LogP contribution is -2.51. The number of aromatic hydroxyl groups is 1. The van der Waals surface area contributed by atoms with Crippen molar-refractivity contribution in [1.82, 2.24) is 14.6 Å². The Morgan fingerprint density at radius 3 is 2.58 bits per heavy atom. The average Bonchev–Trinajstić information content (AvgIpc) is 3.82. The maximum absolute atomic E-state index is 14.3. The van der Waals surface area contributed by atoms with Gasteiger partial charge in [0.25, 0.3) is 0 Å². The van der Waals surface area contributed by atoms with E-state index in [0.717, 1.165) is 24.8 Å². The van der Waals surface area contributed by atoms with Crippen molar-refractivity contribution in [1.29, 1.82) is 0 Å². The molecule has 2 fully saturated rings. The van der Waals surface area contributed by atoms with Crippen LogP contribution in [0.3, 0.4) is 0 Å². The number of aromatic nitrogens is 1. The third-order valence-corrected chi connectivity index (χ3v) is 11.6. The largest absolute Gasteiger partial charge is 0.494 e. The van der Waals surface area contributed by atoms with Crippen LogP contribution in [0.4, 0.5) is 4.79 Å². The lowest BCUT2D eigenvalue weighted by Gasteiger charge is -2.31. The summed E-state index contributed by atoms with van der Waals surface area (Å²) >= 11 is 0. The highest BCUT2D eigenvalue weighted by atomic mass is 32.2. The molecular formula is C39H56N4O8S. The van der Waals surface area contributed by atoms with E-state index in [9.17, 15) is 23.4 Å². The number of H-pyrrole nitrogens is 1. The Hall–Kier alpha value is -3.49. The molecule has 5 rings (SSSR count). The van der Waals surface area contributed by atoms with Crippen LogP contribution < -0.4 is 5.32 Å². The number of hydrogen-bond donors (Lipinski definition) is 4. The number of aliphatic hydroxyl groups excluding tert-OH is 1. The Labute approximate surface area is 308 Å². The number of aromatic amines is 1. The van der Waals surface area contributed by atoms with Crippen LogP contribution in [0.5, 0.6) is 5.88 Å². The van der Waals surface area contributed by atoms with Gasteiger partial charge in [-0.25, -0.2) is 13.2 Å². The number of amides is 1. The molecule has 3 heterocycles. The van der Waals surface area contributed by atoms with Crippen LogP contribution in [-0.4, -0.2) is 97.6 Å². The van der Waals surface area contributed by atoms with E-state index in [1.807, 2.05) is 44.2 Å².